The van der Waals surface area contributed by atoms with E-state index in [1.165, 1.54) is 28.8 Å². The number of thioether (sulfide) groups is 1. The maximum absolute atomic E-state index is 13.3. The van der Waals surface area contributed by atoms with Gasteiger partial charge in [0.2, 0.25) is 5.91 Å². The van der Waals surface area contributed by atoms with Crippen LogP contribution in [0, 0.1) is 11.8 Å². The number of β-lactam (4-membered cyclic amide) rings is 1. The Bertz CT molecular complexity index is 1120. The minimum absolute atomic E-state index is 0.00597. The summed E-state index contributed by atoms with van der Waals surface area (Å²) in [6.07, 6.45) is 6.06. The van der Waals surface area contributed by atoms with E-state index in [1.54, 1.807) is 18.0 Å². The Labute approximate surface area is 227 Å². The SMILES string of the molecule is C=CCOC(=O)C1=C(S[C@@]2(CCc3ccccn3)CCCN2C(=O)OCC=C)[C@H](C)[C@@H]2[C@@H]([C@@H](C)O)C(=O)N12. The zero-order chi connectivity index (χ0) is 27.4. The highest BCUT2D eigenvalue weighted by Crippen LogP contribution is 2.56. The van der Waals surface area contributed by atoms with Gasteiger partial charge in [-0.05, 0) is 44.7 Å². The van der Waals surface area contributed by atoms with Crippen molar-refractivity contribution in [2.24, 2.45) is 11.8 Å². The number of aliphatic hydroxyl groups is 1. The number of aromatic nitrogens is 1. The Hall–Kier alpha value is -3.11. The average Bonchev–Trinajstić information content (AvgIpc) is 3.42. The second-order valence-electron chi connectivity index (χ2n) is 9.84. The van der Waals surface area contributed by atoms with Crippen molar-refractivity contribution in [1.82, 2.24) is 14.8 Å². The van der Waals surface area contributed by atoms with Gasteiger partial charge in [0, 0.05) is 29.3 Å². The van der Waals surface area contributed by atoms with Gasteiger partial charge in [-0.2, -0.15) is 0 Å². The average molecular weight is 542 g/mol. The van der Waals surface area contributed by atoms with Crippen LogP contribution in [0.3, 0.4) is 0 Å². The summed E-state index contributed by atoms with van der Waals surface area (Å²) in [6, 6.07) is 5.37. The third kappa shape index (κ3) is 5.11. The summed E-state index contributed by atoms with van der Waals surface area (Å²) in [5.41, 5.74) is 1.09. The summed E-state index contributed by atoms with van der Waals surface area (Å²) >= 11 is 1.44. The summed E-state index contributed by atoms with van der Waals surface area (Å²) in [5.74, 6) is -1.75. The molecule has 0 aliphatic carbocycles. The zero-order valence-corrected chi connectivity index (χ0v) is 22.7. The van der Waals surface area contributed by atoms with Crippen molar-refractivity contribution in [3.05, 3.63) is 66.0 Å². The molecular formula is C28H35N3O6S. The molecule has 38 heavy (non-hydrogen) atoms. The van der Waals surface area contributed by atoms with Gasteiger partial charge in [0.05, 0.1) is 22.9 Å². The number of ether oxygens (including phenoxy) is 2. The first kappa shape index (κ1) is 27.9. The molecule has 3 aliphatic heterocycles. The predicted octanol–water partition coefficient (Wildman–Crippen LogP) is 3.66. The molecule has 1 aromatic rings. The Kier molecular flexibility index (Phi) is 8.62. The number of fused-ring (bicyclic) bond motifs is 1. The lowest BCUT2D eigenvalue weighted by Crippen LogP contribution is -2.63. The molecule has 0 bridgehead atoms. The lowest BCUT2D eigenvalue weighted by Gasteiger charge is -2.46. The third-order valence-corrected chi connectivity index (χ3v) is 9.21. The van der Waals surface area contributed by atoms with Crippen LogP contribution in [0.25, 0.3) is 0 Å². The summed E-state index contributed by atoms with van der Waals surface area (Å²) < 4.78 is 10.8. The van der Waals surface area contributed by atoms with Crippen molar-refractivity contribution in [1.29, 1.82) is 0 Å². The fourth-order valence-electron chi connectivity index (χ4n) is 5.66. The van der Waals surface area contributed by atoms with Crippen molar-refractivity contribution < 1.29 is 29.0 Å². The van der Waals surface area contributed by atoms with Crippen LogP contribution in [0.2, 0.25) is 0 Å². The van der Waals surface area contributed by atoms with Gasteiger partial charge in [0.25, 0.3) is 0 Å². The smallest absolute Gasteiger partial charge is 0.411 e. The highest BCUT2D eigenvalue weighted by atomic mass is 32.2. The van der Waals surface area contributed by atoms with Crippen molar-refractivity contribution >= 4 is 29.7 Å². The Morgan fingerprint density at radius 1 is 1.29 bits per heavy atom. The normalized spacial score (nSPS) is 27.0. The van der Waals surface area contributed by atoms with Gasteiger partial charge in [-0.3, -0.25) is 14.7 Å². The van der Waals surface area contributed by atoms with Crippen LogP contribution in [-0.2, 0) is 25.5 Å². The lowest BCUT2D eigenvalue weighted by atomic mass is 9.79. The number of hydrogen-bond acceptors (Lipinski definition) is 8. The minimum atomic E-state index is -0.851. The van der Waals surface area contributed by atoms with Crippen LogP contribution in [-0.4, -0.2) is 74.6 Å². The predicted molar refractivity (Wildman–Crippen MR) is 144 cm³/mol. The van der Waals surface area contributed by atoms with Gasteiger partial charge in [-0.15, -0.1) is 0 Å². The van der Waals surface area contributed by atoms with E-state index in [9.17, 15) is 19.5 Å². The molecule has 0 aromatic carbocycles. The van der Waals surface area contributed by atoms with E-state index in [4.69, 9.17) is 9.47 Å². The first-order chi connectivity index (χ1) is 18.3. The number of esters is 1. The van der Waals surface area contributed by atoms with Gasteiger partial charge in [0.1, 0.15) is 18.9 Å². The molecule has 0 radical (unpaired) electrons. The number of carbonyl (C=O) groups excluding carboxylic acids is 3. The van der Waals surface area contributed by atoms with E-state index >= 15 is 0 Å². The molecule has 0 unspecified atom stereocenters. The van der Waals surface area contributed by atoms with Gasteiger partial charge < -0.3 is 19.5 Å². The standard InChI is InChI=1S/C28H35N3O6S/c1-5-16-36-26(34)23-24(18(3)22-21(19(4)32)25(33)31(22)23)38-28(13-11-20-10-7-8-14-29-20)12-9-15-30(28)27(35)37-17-6-2/h5-8,10,14,18-19,21-22,32H,1-2,9,11-13,15-17H2,3-4H3/t18-,19-,21-,22-,28-/m1/s1. The Morgan fingerprint density at radius 2 is 2.03 bits per heavy atom. The summed E-state index contributed by atoms with van der Waals surface area (Å²) in [6.45, 7) is 11.4. The van der Waals surface area contributed by atoms with Crippen molar-refractivity contribution in [3.63, 3.8) is 0 Å². The van der Waals surface area contributed by atoms with E-state index in [1.807, 2.05) is 25.1 Å². The number of hydrogen-bond donors (Lipinski definition) is 1. The van der Waals surface area contributed by atoms with E-state index in [2.05, 4.69) is 18.1 Å². The molecule has 3 aliphatic rings. The van der Waals surface area contributed by atoms with Gasteiger partial charge in [-0.25, -0.2) is 9.59 Å². The number of aliphatic hydroxyl groups excluding tert-OH is 1. The molecule has 0 spiro atoms. The fourth-order valence-corrected chi connectivity index (χ4v) is 7.40. The summed E-state index contributed by atoms with van der Waals surface area (Å²) in [7, 11) is 0. The Morgan fingerprint density at radius 3 is 2.68 bits per heavy atom. The van der Waals surface area contributed by atoms with Crippen LogP contribution in [0.4, 0.5) is 4.79 Å². The zero-order valence-electron chi connectivity index (χ0n) is 21.9. The second kappa shape index (κ2) is 11.7. The number of likely N-dealkylation sites (tertiary alicyclic amines) is 1. The number of amides is 2. The second-order valence-corrected chi connectivity index (χ2v) is 11.2. The van der Waals surface area contributed by atoms with Gasteiger partial charge in [-0.1, -0.05) is 50.1 Å². The quantitative estimate of drug-likeness (QED) is 0.257. The maximum Gasteiger partial charge on any atom is 0.411 e. The van der Waals surface area contributed by atoms with Gasteiger partial charge >= 0.3 is 12.1 Å². The molecule has 1 N–H and O–H groups in total. The topological polar surface area (TPSA) is 109 Å². The van der Waals surface area contributed by atoms with Crippen LogP contribution in [0.5, 0.6) is 0 Å². The monoisotopic (exact) mass is 541 g/mol. The molecule has 4 rings (SSSR count). The molecule has 2 fully saturated rings. The number of nitrogens with zero attached hydrogens (tertiary/aromatic N) is 3. The highest BCUT2D eigenvalue weighted by molar-refractivity contribution is 8.04. The fraction of sp³-hybridized carbons (Fsp3) is 0.500. The summed E-state index contributed by atoms with van der Waals surface area (Å²) in [4.78, 5) is 47.1. The molecule has 1 aromatic heterocycles. The molecule has 5 atom stereocenters. The van der Waals surface area contributed by atoms with Gasteiger partial charge in [0.15, 0.2) is 0 Å². The van der Waals surface area contributed by atoms with E-state index in [-0.39, 0.29) is 36.8 Å². The van der Waals surface area contributed by atoms with Crippen molar-refractivity contribution in [2.45, 2.75) is 56.5 Å². The molecule has 9 nitrogen and oxygen atoms in total. The van der Waals surface area contributed by atoms with Crippen molar-refractivity contribution in [3.8, 4) is 0 Å². The van der Waals surface area contributed by atoms with Crippen LogP contribution in [0.1, 0.15) is 38.8 Å². The molecule has 10 heteroatoms. The highest BCUT2D eigenvalue weighted by Gasteiger charge is 2.61. The van der Waals surface area contributed by atoms with E-state index in [0.717, 1.165) is 12.1 Å². The first-order valence-electron chi connectivity index (χ1n) is 12.9. The van der Waals surface area contributed by atoms with Crippen LogP contribution >= 0.6 is 11.8 Å². The summed E-state index contributed by atoms with van der Waals surface area (Å²) in [5, 5.41) is 10.3. The first-order valence-corrected chi connectivity index (χ1v) is 13.7. The number of carbonyl (C=O) groups is 3. The Balaban J connectivity index is 1.73. The molecular weight excluding hydrogens is 506 g/mol. The van der Waals surface area contributed by atoms with Crippen LogP contribution < -0.4 is 0 Å². The van der Waals surface area contributed by atoms with E-state index in [0.29, 0.717) is 30.7 Å². The largest absolute Gasteiger partial charge is 0.457 e. The molecule has 0 saturated carbocycles. The molecule has 204 valence electrons. The maximum atomic E-state index is 13.3. The van der Waals surface area contributed by atoms with Crippen LogP contribution in [0.15, 0.2) is 60.3 Å². The molecule has 2 amide bonds. The van der Waals surface area contributed by atoms with E-state index < -0.39 is 29.0 Å². The minimum Gasteiger partial charge on any atom is -0.457 e. The number of pyridine rings is 1. The third-order valence-electron chi connectivity index (χ3n) is 7.42. The molecule has 4 heterocycles. The van der Waals surface area contributed by atoms with Crippen molar-refractivity contribution in [2.75, 3.05) is 19.8 Å². The number of rotatable bonds is 11. The number of aryl methyl sites for hydroxylation is 1. The molecule has 2 saturated heterocycles. The lowest BCUT2D eigenvalue weighted by molar-refractivity contribution is -0.164.